The third-order valence-corrected chi connectivity index (χ3v) is 3.27. The number of aromatic nitrogens is 1. The number of esters is 1. The summed E-state index contributed by atoms with van der Waals surface area (Å²) in [5.74, 6) is -0.721. The van der Waals surface area contributed by atoms with Gasteiger partial charge in [-0.3, -0.25) is 4.79 Å². The monoisotopic (exact) mass is 322 g/mol. The maximum absolute atomic E-state index is 11.9. The van der Waals surface area contributed by atoms with Crippen molar-refractivity contribution in [3.05, 3.63) is 45.8 Å². The number of halogens is 1. The molecule has 0 fully saturated rings. The predicted molar refractivity (Wildman–Crippen MR) is 81.1 cm³/mol. The molecule has 0 spiro atoms. The Morgan fingerprint density at radius 3 is 2.64 bits per heavy atom. The van der Waals surface area contributed by atoms with Crippen molar-refractivity contribution < 1.29 is 18.8 Å². The topological polar surface area (TPSA) is 81.4 Å². The molecule has 2 rings (SSSR count). The fourth-order valence-electron chi connectivity index (χ4n) is 1.93. The van der Waals surface area contributed by atoms with Gasteiger partial charge in [0.05, 0.1) is 5.69 Å². The van der Waals surface area contributed by atoms with Crippen LogP contribution in [-0.2, 0) is 9.53 Å². The highest BCUT2D eigenvalue weighted by molar-refractivity contribution is 6.30. The summed E-state index contributed by atoms with van der Waals surface area (Å²) in [4.78, 5) is 23.7. The molecule has 2 aromatic rings. The molecule has 1 aromatic carbocycles. The lowest BCUT2D eigenvalue weighted by molar-refractivity contribution is -0.119. The minimum Gasteiger partial charge on any atom is -0.452 e. The van der Waals surface area contributed by atoms with E-state index in [0.717, 1.165) is 5.56 Å². The van der Waals surface area contributed by atoms with E-state index >= 15 is 0 Å². The number of nitrogens with zero attached hydrogens (tertiary/aromatic N) is 1. The highest BCUT2D eigenvalue weighted by Gasteiger charge is 2.20. The molecule has 0 saturated heterocycles. The number of carbonyl (C=O) groups excluding carboxylic acids is 2. The zero-order valence-electron chi connectivity index (χ0n) is 12.4. The maximum atomic E-state index is 11.9. The van der Waals surface area contributed by atoms with Crippen molar-refractivity contribution in [2.75, 3.05) is 11.9 Å². The van der Waals surface area contributed by atoms with E-state index in [9.17, 15) is 9.59 Å². The quantitative estimate of drug-likeness (QED) is 0.875. The molecule has 22 heavy (non-hydrogen) atoms. The van der Waals surface area contributed by atoms with Crippen molar-refractivity contribution >= 4 is 29.2 Å². The number of ether oxygens (including phenoxy) is 1. The number of hydrogen-bond donors (Lipinski definition) is 1. The molecule has 0 saturated carbocycles. The number of amides is 1. The molecule has 0 radical (unpaired) electrons. The number of anilines is 1. The van der Waals surface area contributed by atoms with Crippen LogP contribution in [0.15, 0.2) is 22.7 Å². The Morgan fingerprint density at radius 1 is 1.32 bits per heavy atom. The summed E-state index contributed by atoms with van der Waals surface area (Å²) in [6.07, 6.45) is 0. The van der Waals surface area contributed by atoms with E-state index in [1.165, 1.54) is 0 Å². The molecular weight excluding hydrogens is 308 g/mol. The first-order valence-corrected chi connectivity index (χ1v) is 6.92. The van der Waals surface area contributed by atoms with Crippen LogP contribution in [0, 0.1) is 20.8 Å². The van der Waals surface area contributed by atoms with E-state index in [-0.39, 0.29) is 5.56 Å². The van der Waals surface area contributed by atoms with Crippen LogP contribution in [0.3, 0.4) is 0 Å². The van der Waals surface area contributed by atoms with Crippen molar-refractivity contribution in [2.45, 2.75) is 20.8 Å². The largest absolute Gasteiger partial charge is 0.452 e. The molecule has 0 unspecified atom stereocenters. The third kappa shape index (κ3) is 3.65. The van der Waals surface area contributed by atoms with Crippen LogP contribution >= 0.6 is 11.6 Å². The van der Waals surface area contributed by atoms with Gasteiger partial charge in [-0.25, -0.2) is 4.79 Å². The molecule has 6 nitrogen and oxygen atoms in total. The Morgan fingerprint density at radius 2 is 2.05 bits per heavy atom. The molecule has 0 aliphatic rings. The van der Waals surface area contributed by atoms with Crippen LogP contribution in [0.1, 0.15) is 27.4 Å². The van der Waals surface area contributed by atoms with Crippen LogP contribution in [0.25, 0.3) is 0 Å². The van der Waals surface area contributed by atoms with E-state index < -0.39 is 18.5 Å². The van der Waals surface area contributed by atoms with Crippen molar-refractivity contribution in [3.8, 4) is 0 Å². The summed E-state index contributed by atoms with van der Waals surface area (Å²) in [6, 6.07) is 5.08. The van der Waals surface area contributed by atoms with Crippen LogP contribution in [-0.4, -0.2) is 23.6 Å². The van der Waals surface area contributed by atoms with Crippen molar-refractivity contribution in [2.24, 2.45) is 0 Å². The van der Waals surface area contributed by atoms with E-state index in [2.05, 4.69) is 10.5 Å². The molecule has 1 aromatic heterocycles. The summed E-state index contributed by atoms with van der Waals surface area (Å²) in [7, 11) is 0. The standard InChI is InChI=1S/C15H15ClN2O4/c1-8-6-11(16)4-5-12(8)17-13(19)7-21-15(20)14-9(2)18-22-10(14)3/h4-6H,7H2,1-3H3,(H,17,19). The molecule has 0 aliphatic heterocycles. The Bertz CT molecular complexity index is 705. The van der Waals surface area contributed by atoms with Gasteiger partial charge in [-0.1, -0.05) is 16.8 Å². The molecule has 1 amide bonds. The minimum absolute atomic E-state index is 0.246. The van der Waals surface area contributed by atoms with Crippen molar-refractivity contribution in [1.82, 2.24) is 5.16 Å². The van der Waals surface area contributed by atoms with Crippen LogP contribution in [0.2, 0.25) is 5.02 Å². The normalized spacial score (nSPS) is 10.4. The smallest absolute Gasteiger partial charge is 0.344 e. The minimum atomic E-state index is -0.640. The molecule has 0 aliphatic carbocycles. The Kier molecular flexibility index (Phi) is 4.82. The second-order valence-electron chi connectivity index (χ2n) is 4.78. The summed E-state index contributed by atoms with van der Waals surface area (Å²) in [5.41, 5.74) is 2.10. The fraction of sp³-hybridized carbons (Fsp3) is 0.267. The zero-order chi connectivity index (χ0) is 16.3. The number of nitrogens with one attached hydrogen (secondary N) is 1. The highest BCUT2D eigenvalue weighted by Crippen LogP contribution is 2.19. The van der Waals surface area contributed by atoms with E-state index in [1.807, 2.05) is 6.92 Å². The molecule has 1 N–H and O–H groups in total. The van der Waals surface area contributed by atoms with Crippen molar-refractivity contribution in [1.29, 1.82) is 0 Å². The Balaban J connectivity index is 1.94. The first kappa shape index (κ1) is 16.0. The molecule has 0 bridgehead atoms. The zero-order valence-corrected chi connectivity index (χ0v) is 13.2. The van der Waals surface area contributed by atoms with Gasteiger partial charge in [0, 0.05) is 10.7 Å². The number of aryl methyl sites for hydroxylation is 3. The fourth-order valence-corrected chi connectivity index (χ4v) is 2.16. The summed E-state index contributed by atoms with van der Waals surface area (Å²) < 4.78 is 9.85. The lowest BCUT2D eigenvalue weighted by atomic mass is 10.2. The number of hydrogen-bond acceptors (Lipinski definition) is 5. The SMILES string of the molecule is Cc1cc(Cl)ccc1NC(=O)COC(=O)c1c(C)noc1C. The lowest BCUT2D eigenvalue weighted by Gasteiger charge is -2.09. The summed E-state index contributed by atoms with van der Waals surface area (Å²) >= 11 is 5.85. The van der Waals surface area contributed by atoms with Gasteiger partial charge in [-0.05, 0) is 44.5 Å². The van der Waals surface area contributed by atoms with E-state index in [1.54, 1.807) is 32.0 Å². The summed E-state index contributed by atoms with van der Waals surface area (Å²) in [6.45, 7) is 4.65. The van der Waals surface area contributed by atoms with Gasteiger partial charge in [0.2, 0.25) is 0 Å². The van der Waals surface area contributed by atoms with E-state index in [0.29, 0.717) is 22.2 Å². The third-order valence-electron chi connectivity index (χ3n) is 3.03. The highest BCUT2D eigenvalue weighted by atomic mass is 35.5. The first-order valence-electron chi connectivity index (χ1n) is 6.54. The van der Waals surface area contributed by atoms with Crippen LogP contribution < -0.4 is 5.32 Å². The van der Waals surface area contributed by atoms with Gasteiger partial charge in [0.25, 0.3) is 5.91 Å². The average molecular weight is 323 g/mol. The Labute approximate surface area is 132 Å². The lowest BCUT2D eigenvalue weighted by Crippen LogP contribution is -2.21. The molecule has 7 heteroatoms. The van der Waals surface area contributed by atoms with Crippen LogP contribution in [0.5, 0.6) is 0 Å². The van der Waals surface area contributed by atoms with Gasteiger partial charge in [-0.15, -0.1) is 0 Å². The first-order chi connectivity index (χ1) is 10.4. The number of benzene rings is 1. The maximum Gasteiger partial charge on any atom is 0.344 e. The van der Waals surface area contributed by atoms with Gasteiger partial charge >= 0.3 is 5.97 Å². The number of carbonyl (C=O) groups is 2. The van der Waals surface area contributed by atoms with Gasteiger partial charge in [-0.2, -0.15) is 0 Å². The molecule has 0 atom stereocenters. The number of rotatable bonds is 4. The predicted octanol–water partition coefficient (Wildman–Crippen LogP) is 3.05. The summed E-state index contributed by atoms with van der Waals surface area (Å²) in [5, 5.41) is 6.90. The van der Waals surface area contributed by atoms with Gasteiger partial charge < -0.3 is 14.6 Å². The van der Waals surface area contributed by atoms with Crippen molar-refractivity contribution in [3.63, 3.8) is 0 Å². The van der Waals surface area contributed by atoms with Crippen LogP contribution in [0.4, 0.5) is 5.69 Å². The van der Waals surface area contributed by atoms with E-state index in [4.69, 9.17) is 20.9 Å². The average Bonchev–Trinajstić information content (AvgIpc) is 2.79. The van der Waals surface area contributed by atoms with Gasteiger partial charge in [0.1, 0.15) is 11.3 Å². The molecule has 116 valence electrons. The Hall–Kier alpha value is -2.34. The molecular formula is C15H15ClN2O4. The second kappa shape index (κ2) is 6.62. The van der Waals surface area contributed by atoms with Gasteiger partial charge in [0.15, 0.2) is 6.61 Å². The molecule has 1 heterocycles. The second-order valence-corrected chi connectivity index (χ2v) is 5.22.